The van der Waals surface area contributed by atoms with Crippen molar-refractivity contribution in [3.05, 3.63) is 60.2 Å². The van der Waals surface area contributed by atoms with Gasteiger partial charge in [-0.25, -0.2) is 0 Å². The number of carbonyl (C=O) groups excluding carboxylic acids is 1. The van der Waals surface area contributed by atoms with Crippen molar-refractivity contribution in [3.63, 3.8) is 0 Å². The number of carbonyl (C=O) groups is 1. The van der Waals surface area contributed by atoms with Gasteiger partial charge >= 0.3 is 0 Å². The van der Waals surface area contributed by atoms with Crippen LogP contribution in [0.1, 0.15) is 18.5 Å². The summed E-state index contributed by atoms with van der Waals surface area (Å²) in [5.74, 6) is -0.338. The summed E-state index contributed by atoms with van der Waals surface area (Å²) >= 11 is 0. The molecule has 20 heavy (non-hydrogen) atoms. The number of hydrogen-bond donors (Lipinski definition) is 3. The molecule has 0 aliphatic heterocycles. The first-order valence-corrected chi connectivity index (χ1v) is 6.48. The van der Waals surface area contributed by atoms with Gasteiger partial charge in [-0.3, -0.25) is 4.79 Å². The number of nitrogens with one attached hydrogen (secondary N) is 1. The van der Waals surface area contributed by atoms with Gasteiger partial charge in [-0.05, 0) is 29.8 Å². The van der Waals surface area contributed by atoms with Crippen LogP contribution in [0.15, 0.2) is 54.6 Å². The van der Waals surface area contributed by atoms with Crippen LogP contribution in [0.2, 0.25) is 0 Å². The summed E-state index contributed by atoms with van der Waals surface area (Å²) in [6.07, 6.45) is 0. The van der Waals surface area contributed by atoms with Crippen LogP contribution in [0.4, 0.5) is 5.69 Å². The highest BCUT2D eigenvalue weighted by Gasteiger charge is 2.22. The van der Waals surface area contributed by atoms with Gasteiger partial charge in [-0.2, -0.15) is 0 Å². The van der Waals surface area contributed by atoms with Crippen LogP contribution in [-0.2, 0) is 4.79 Å². The quantitative estimate of drug-likeness (QED) is 0.748. The lowest BCUT2D eigenvalue weighted by molar-refractivity contribution is -0.120. The van der Waals surface area contributed by atoms with Crippen LogP contribution < -0.4 is 11.1 Å². The van der Waals surface area contributed by atoms with Gasteiger partial charge in [0.05, 0.1) is 5.92 Å². The van der Waals surface area contributed by atoms with E-state index >= 15 is 0 Å². The second-order valence-corrected chi connectivity index (χ2v) is 4.76. The Morgan fingerprint density at radius 3 is 2.30 bits per heavy atom. The molecule has 0 spiro atoms. The predicted octanol–water partition coefficient (Wildman–Crippen LogP) is 2.67. The first-order chi connectivity index (χ1) is 9.58. The second kappa shape index (κ2) is 6.21. The topological polar surface area (TPSA) is 75.3 Å². The van der Waals surface area contributed by atoms with Gasteiger partial charge in [0.1, 0.15) is 5.75 Å². The number of hydrogen-bond acceptors (Lipinski definition) is 3. The summed E-state index contributed by atoms with van der Waals surface area (Å²) in [5.41, 5.74) is 7.69. The van der Waals surface area contributed by atoms with Gasteiger partial charge in [-0.15, -0.1) is 0 Å². The summed E-state index contributed by atoms with van der Waals surface area (Å²) in [6.45, 7) is 1.80. The van der Waals surface area contributed by atoms with Crippen LogP contribution in [0.25, 0.3) is 0 Å². The van der Waals surface area contributed by atoms with E-state index in [4.69, 9.17) is 5.73 Å². The second-order valence-electron chi connectivity index (χ2n) is 4.76. The maximum Gasteiger partial charge on any atom is 0.229 e. The predicted molar refractivity (Wildman–Crippen MR) is 79.3 cm³/mol. The van der Waals surface area contributed by atoms with Crippen LogP contribution in [0, 0.1) is 5.92 Å². The Kier molecular flexibility index (Phi) is 4.38. The fourth-order valence-electron chi connectivity index (χ4n) is 1.93. The maximum absolute atomic E-state index is 12.2. The highest BCUT2D eigenvalue weighted by Crippen LogP contribution is 2.21. The van der Waals surface area contributed by atoms with Crippen molar-refractivity contribution in [2.45, 2.75) is 13.0 Å². The standard InChI is InChI=1S/C16H18N2O2/c1-11(15(17)12-5-3-2-4-6-12)16(20)18-13-7-9-14(19)10-8-13/h2-11,15,19H,17H2,1H3,(H,18,20). The molecule has 0 aliphatic carbocycles. The summed E-state index contributed by atoms with van der Waals surface area (Å²) in [5, 5.41) is 12.0. The zero-order valence-electron chi connectivity index (χ0n) is 11.3. The van der Waals surface area contributed by atoms with Crippen molar-refractivity contribution < 1.29 is 9.90 Å². The SMILES string of the molecule is CC(C(=O)Nc1ccc(O)cc1)C(N)c1ccccc1. The molecule has 0 saturated heterocycles. The van der Waals surface area contributed by atoms with Crippen molar-refractivity contribution in [3.8, 4) is 5.75 Å². The molecular weight excluding hydrogens is 252 g/mol. The first kappa shape index (κ1) is 14.1. The van der Waals surface area contributed by atoms with Crippen LogP contribution >= 0.6 is 0 Å². The summed E-state index contributed by atoms with van der Waals surface area (Å²) in [4.78, 5) is 12.2. The highest BCUT2D eigenvalue weighted by molar-refractivity contribution is 5.92. The Morgan fingerprint density at radius 2 is 1.70 bits per heavy atom. The smallest absolute Gasteiger partial charge is 0.229 e. The third kappa shape index (κ3) is 3.36. The fraction of sp³-hybridized carbons (Fsp3) is 0.188. The molecule has 0 fully saturated rings. The third-order valence-corrected chi connectivity index (χ3v) is 3.27. The lowest BCUT2D eigenvalue weighted by Gasteiger charge is -2.19. The van der Waals surface area contributed by atoms with Gasteiger partial charge < -0.3 is 16.2 Å². The molecule has 0 aliphatic rings. The van der Waals surface area contributed by atoms with E-state index in [1.807, 2.05) is 30.3 Å². The Hall–Kier alpha value is -2.33. The number of aromatic hydroxyl groups is 1. The largest absolute Gasteiger partial charge is 0.508 e. The van der Waals surface area contributed by atoms with Crippen LogP contribution in [0.3, 0.4) is 0 Å². The minimum absolute atomic E-state index is 0.146. The number of nitrogens with two attached hydrogens (primary N) is 1. The van der Waals surface area contributed by atoms with Gasteiger partial charge in [0, 0.05) is 11.7 Å². The Bertz CT molecular complexity index is 567. The Balaban J connectivity index is 2.03. The van der Waals surface area contributed by atoms with E-state index in [0.29, 0.717) is 5.69 Å². The van der Waals surface area contributed by atoms with Crippen LogP contribution in [-0.4, -0.2) is 11.0 Å². The van der Waals surface area contributed by atoms with Crippen molar-refractivity contribution in [1.29, 1.82) is 0 Å². The van der Waals surface area contributed by atoms with E-state index < -0.39 is 0 Å². The van der Waals surface area contributed by atoms with Crippen molar-refractivity contribution in [2.75, 3.05) is 5.32 Å². The number of phenolic OH excluding ortho intramolecular Hbond substituents is 1. The number of benzene rings is 2. The minimum Gasteiger partial charge on any atom is -0.508 e. The van der Waals surface area contributed by atoms with Crippen LogP contribution in [0.5, 0.6) is 5.75 Å². The molecule has 4 nitrogen and oxygen atoms in total. The molecule has 4 heteroatoms. The van der Waals surface area contributed by atoms with Gasteiger partial charge in [0.25, 0.3) is 0 Å². The average Bonchev–Trinajstić information content (AvgIpc) is 2.49. The molecule has 0 aromatic heterocycles. The number of rotatable bonds is 4. The lowest BCUT2D eigenvalue weighted by atomic mass is 9.94. The molecular formula is C16H18N2O2. The molecule has 104 valence electrons. The molecule has 2 aromatic carbocycles. The average molecular weight is 270 g/mol. The summed E-state index contributed by atoms with van der Waals surface area (Å²) in [7, 11) is 0. The van der Waals surface area contributed by atoms with E-state index in [0.717, 1.165) is 5.56 Å². The van der Waals surface area contributed by atoms with E-state index in [-0.39, 0.29) is 23.6 Å². The number of phenols is 1. The molecule has 2 unspecified atom stereocenters. The molecule has 0 heterocycles. The maximum atomic E-state index is 12.2. The van der Waals surface area contributed by atoms with E-state index in [1.54, 1.807) is 19.1 Å². The molecule has 2 rings (SSSR count). The third-order valence-electron chi connectivity index (χ3n) is 3.27. The van der Waals surface area contributed by atoms with E-state index in [1.165, 1.54) is 12.1 Å². The first-order valence-electron chi connectivity index (χ1n) is 6.48. The molecule has 1 amide bonds. The monoisotopic (exact) mass is 270 g/mol. The van der Waals surface area contributed by atoms with Crippen molar-refractivity contribution in [2.24, 2.45) is 11.7 Å². The van der Waals surface area contributed by atoms with Crippen molar-refractivity contribution in [1.82, 2.24) is 0 Å². The minimum atomic E-state index is -0.355. The van der Waals surface area contributed by atoms with Crippen molar-refractivity contribution >= 4 is 11.6 Å². The Morgan fingerprint density at radius 1 is 1.10 bits per heavy atom. The Labute approximate surface area is 118 Å². The molecule has 0 radical (unpaired) electrons. The zero-order valence-corrected chi connectivity index (χ0v) is 11.3. The molecule has 2 atom stereocenters. The van der Waals surface area contributed by atoms with Gasteiger partial charge in [-0.1, -0.05) is 37.3 Å². The van der Waals surface area contributed by atoms with Gasteiger partial charge in [0.2, 0.25) is 5.91 Å². The zero-order chi connectivity index (χ0) is 14.5. The highest BCUT2D eigenvalue weighted by atomic mass is 16.3. The number of amides is 1. The fourth-order valence-corrected chi connectivity index (χ4v) is 1.93. The summed E-state index contributed by atoms with van der Waals surface area (Å²) < 4.78 is 0. The molecule has 4 N–H and O–H groups in total. The van der Waals surface area contributed by atoms with Gasteiger partial charge in [0.15, 0.2) is 0 Å². The van der Waals surface area contributed by atoms with E-state index in [2.05, 4.69) is 5.32 Å². The lowest BCUT2D eigenvalue weighted by Crippen LogP contribution is -2.30. The molecule has 0 saturated carbocycles. The molecule has 2 aromatic rings. The molecule has 0 bridgehead atoms. The summed E-state index contributed by atoms with van der Waals surface area (Å²) in [6, 6.07) is 15.5. The number of anilines is 1. The van der Waals surface area contributed by atoms with E-state index in [9.17, 15) is 9.90 Å². The normalized spacial score (nSPS) is 13.5.